The van der Waals surface area contributed by atoms with E-state index in [0.717, 1.165) is 17.1 Å². The van der Waals surface area contributed by atoms with Gasteiger partial charge in [-0.1, -0.05) is 12.1 Å². The highest BCUT2D eigenvalue weighted by Crippen LogP contribution is 2.29. The maximum atomic E-state index is 5.99. The van der Waals surface area contributed by atoms with Crippen molar-refractivity contribution in [3.05, 3.63) is 36.0 Å². The van der Waals surface area contributed by atoms with Gasteiger partial charge in [0.15, 0.2) is 5.11 Å². The molecule has 0 spiro atoms. The van der Waals surface area contributed by atoms with Crippen LogP contribution in [0.3, 0.4) is 0 Å². The van der Waals surface area contributed by atoms with Crippen LogP contribution >= 0.6 is 12.2 Å². The monoisotopic (exact) mass is 247 g/mol. The lowest BCUT2D eigenvalue weighted by atomic mass is 10.0. The van der Waals surface area contributed by atoms with Crippen LogP contribution in [0.1, 0.15) is 20.8 Å². The van der Waals surface area contributed by atoms with E-state index in [-0.39, 0.29) is 5.54 Å². The third-order valence-electron chi connectivity index (χ3n) is 2.73. The normalized spacial score (nSPS) is 18.6. The van der Waals surface area contributed by atoms with E-state index in [0.29, 0.717) is 5.11 Å². The molecule has 1 aromatic carbocycles. The Hall–Kier alpha value is -1.55. The Morgan fingerprint density at radius 1 is 1.29 bits per heavy atom. The van der Waals surface area contributed by atoms with Gasteiger partial charge in [-0.2, -0.15) is 0 Å². The maximum absolute atomic E-state index is 5.99. The number of hydrogen-bond donors (Lipinski definition) is 2. The minimum absolute atomic E-state index is 0.110. The molecule has 0 saturated heterocycles. The smallest absolute Gasteiger partial charge is 0.178 e. The second-order valence-electron chi connectivity index (χ2n) is 4.83. The van der Waals surface area contributed by atoms with Gasteiger partial charge < -0.3 is 11.1 Å². The average molecular weight is 247 g/mol. The molecule has 0 unspecified atom stereocenters. The number of thiocarbonyl (C=S) groups is 1. The van der Waals surface area contributed by atoms with E-state index in [2.05, 4.69) is 25.2 Å². The number of nitrogen functional groups attached to an aromatic ring is 1. The van der Waals surface area contributed by atoms with Crippen molar-refractivity contribution in [3.63, 3.8) is 0 Å². The summed E-state index contributed by atoms with van der Waals surface area (Å²) in [6.07, 6.45) is 2.15. The van der Waals surface area contributed by atoms with E-state index < -0.39 is 0 Å². The Morgan fingerprint density at radius 2 is 1.94 bits per heavy atom. The Balaban J connectivity index is 2.47. The van der Waals surface area contributed by atoms with Crippen molar-refractivity contribution in [1.82, 2.24) is 5.32 Å². The van der Waals surface area contributed by atoms with Crippen LogP contribution in [0.4, 0.5) is 11.4 Å². The molecule has 0 aliphatic carbocycles. The summed E-state index contributed by atoms with van der Waals surface area (Å²) in [5.74, 6) is 0. The van der Waals surface area contributed by atoms with Crippen LogP contribution < -0.4 is 16.0 Å². The number of nitrogens with two attached hydrogens (primary N) is 1. The molecule has 0 saturated carbocycles. The van der Waals surface area contributed by atoms with Gasteiger partial charge in [0.2, 0.25) is 0 Å². The Labute approximate surface area is 107 Å². The predicted octanol–water partition coefficient (Wildman–Crippen LogP) is 2.65. The van der Waals surface area contributed by atoms with Crippen LogP contribution in [0, 0.1) is 0 Å². The first kappa shape index (κ1) is 11.9. The molecular weight excluding hydrogens is 230 g/mol. The molecule has 0 atom stereocenters. The topological polar surface area (TPSA) is 41.3 Å². The lowest BCUT2D eigenvalue weighted by Gasteiger charge is -2.38. The minimum Gasteiger partial charge on any atom is -0.397 e. The molecule has 2 rings (SSSR count). The van der Waals surface area contributed by atoms with Crippen LogP contribution in [-0.2, 0) is 0 Å². The number of nitrogens with zero attached hydrogens (tertiary/aromatic N) is 1. The fourth-order valence-electron chi connectivity index (χ4n) is 2.11. The summed E-state index contributed by atoms with van der Waals surface area (Å²) in [5.41, 5.74) is 8.62. The highest BCUT2D eigenvalue weighted by molar-refractivity contribution is 7.80. The second-order valence-corrected chi connectivity index (χ2v) is 5.22. The summed E-state index contributed by atoms with van der Waals surface area (Å²) < 4.78 is 0. The second kappa shape index (κ2) is 4.04. The van der Waals surface area contributed by atoms with E-state index >= 15 is 0 Å². The molecule has 0 fully saturated rings. The third kappa shape index (κ3) is 2.26. The average Bonchev–Trinajstić information content (AvgIpc) is 2.17. The summed E-state index contributed by atoms with van der Waals surface area (Å²) in [6.45, 7) is 6.23. The number of anilines is 2. The van der Waals surface area contributed by atoms with Crippen molar-refractivity contribution >= 4 is 28.7 Å². The van der Waals surface area contributed by atoms with Gasteiger partial charge in [0.1, 0.15) is 0 Å². The lowest BCUT2D eigenvalue weighted by Crippen LogP contribution is -2.53. The van der Waals surface area contributed by atoms with Crippen LogP contribution in [-0.4, -0.2) is 10.7 Å². The van der Waals surface area contributed by atoms with Gasteiger partial charge >= 0.3 is 0 Å². The number of rotatable bonds is 1. The number of para-hydroxylation sites is 2. The van der Waals surface area contributed by atoms with Gasteiger partial charge in [0.25, 0.3) is 0 Å². The van der Waals surface area contributed by atoms with Crippen molar-refractivity contribution in [3.8, 4) is 0 Å². The Kier molecular flexibility index (Phi) is 2.83. The van der Waals surface area contributed by atoms with Gasteiger partial charge in [0, 0.05) is 5.70 Å². The molecule has 17 heavy (non-hydrogen) atoms. The van der Waals surface area contributed by atoms with Crippen molar-refractivity contribution in [2.75, 3.05) is 10.6 Å². The molecule has 0 amide bonds. The van der Waals surface area contributed by atoms with E-state index in [1.54, 1.807) is 0 Å². The number of hydrogen-bond acceptors (Lipinski definition) is 2. The van der Waals surface area contributed by atoms with Crippen molar-refractivity contribution in [2.24, 2.45) is 0 Å². The van der Waals surface area contributed by atoms with Gasteiger partial charge in [-0.3, -0.25) is 4.90 Å². The van der Waals surface area contributed by atoms with Gasteiger partial charge in [0.05, 0.1) is 16.9 Å². The van der Waals surface area contributed by atoms with Crippen molar-refractivity contribution < 1.29 is 0 Å². The molecule has 1 aromatic rings. The molecule has 1 aliphatic heterocycles. The number of allylic oxidation sites excluding steroid dienone is 1. The molecule has 0 bridgehead atoms. The quantitative estimate of drug-likeness (QED) is 0.591. The van der Waals surface area contributed by atoms with E-state index in [1.165, 1.54) is 0 Å². The SMILES string of the molecule is CC1=CC(C)(C)NC(=S)N1c1ccccc1N. The van der Waals surface area contributed by atoms with Gasteiger partial charge in [-0.15, -0.1) is 0 Å². The zero-order valence-electron chi connectivity index (χ0n) is 10.3. The summed E-state index contributed by atoms with van der Waals surface area (Å²) in [4.78, 5) is 1.97. The van der Waals surface area contributed by atoms with Crippen LogP contribution in [0.5, 0.6) is 0 Å². The Bertz CT molecular complexity index is 491. The fourth-order valence-corrected chi connectivity index (χ4v) is 2.61. The van der Waals surface area contributed by atoms with E-state index in [1.807, 2.05) is 36.1 Å². The lowest BCUT2D eigenvalue weighted by molar-refractivity contribution is 0.560. The molecule has 4 heteroatoms. The first-order valence-corrected chi connectivity index (χ1v) is 5.98. The zero-order chi connectivity index (χ0) is 12.6. The summed E-state index contributed by atoms with van der Waals surface area (Å²) in [6, 6.07) is 7.73. The molecule has 3 nitrogen and oxygen atoms in total. The predicted molar refractivity (Wildman–Crippen MR) is 76.9 cm³/mol. The van der Waals surface area contributed by atoms with Gasteiger partial charge in [-0.05, 0) is 51.2 Å². The number of benzene rings is 1. The standard InChI is InChI=1S/C13H17N3S/c1-9-8-13(2,3)15-12(17)16(9)11-7-5-4-6-10(11)14/h4-8H,14H2,1-3H3,(H,15,17). The molecular formula is C13H17N3S. The van der Waals surface area contributed by atoms with Crippen molar-refractivity contribution in [1.29, 1.82) is 0 Å². The first-order chi connectivity index (χ1) is 7.91. The highest BCUT2D eigenvalue weighted by atomic mass is 32.1. The summed E-state index contributed by atoms with van der Waals surface area (Å²) in [5, 5.41) is 3.98. The molecule has 3 N–H and O–H groups in total. The molecule has 90 valence electrons. The molecule has 0 aromatic heterocycles. The van der Waals surface area contributed by atoms with Crippen LogP contribution in [0.25, 0.3) is 0 Å². The minimum atomic E-state index is -0.110. The Morgan fingerprint density at radius 3 is 2.53 bits per heavy atom. The zero-order valence-corrected chi connectivity index (χ0v) is 11.1. The fraction of sp³-hybridized carbons (Fsp3) is 0.308. The largest absolute Gasteiger partial charge is 0.397 e. The third-order valence-corrected chi connectivity index (χ3v) is 3.02. The molecule has 1 aliphatic rings. The van der Waals surface area contributed by atoms with Crippen LogP contribution in [0.2, 0.25) is 0 Å². The van der Waals surface area contributed by atoms with Gasteiger partial charge in [-0.25, -0.2) is 0 Å². The molecule has 0 radical (unpaired) electrons. The first-order valence-electron chi connectivity index (χ1n) is 5.57. The van der Waals surface area contributed by atoms with E-state index in [9.17, 15) is 0 Å². The summed E-state index contributed by atoms with van der Waals surface area (Å²) >= 11 is 5.41. The van der Waals surface area contributed by atoms with Crippen molar-refractivity contribution in [2.45, 2.75) is 26.3 Å². The maximum Gasteiger partial charge on any atom is 0.178 e. The van der Waals surface area contributed by atoms with Crippen LogP contribution in [0.15, 0.2) is 36.0 Å². The summed E-state index contributed by atoms with van der Waals surface area (Å²) in [7, 11) is 0. The van der Waals surface area contributed by atoms with E-state index in [4.69, 9.17) is 18.0 Å². The number of nitrogens with one attached hydrogen (secondary N) is 1. The molecule has 1 heterocycles. The highest BCUT2D eigenvalue weighted by Gasteiger charge is 2.28.